The minimum absolute atomic E-state index is 0.0221. The van der Waals surface area contributed by atoms with Crippen molar-refractivity contribution in [3.8, 4) is 0 Å². The standard InChI is InChI=1S/C16H15NO2/c18-17(19)16-11-14-9-5-4-8-13(14)10-15(16)12-6-2-1-3-7-12/h1-9,15-16H,10-11H2/t15-,16+/m0/s1. The molecule has 96 valence electrons. The van der Waals surface area contributed by atoms with E-state index in [-0.39, 0.29) is 10.8 Å². The molecule has 2 aromatic carbocycles. The van der Waals surface area contributed by atoms with E-state index in [2.05, 4.69) is 6.07 Å². The minimum atomic E-state index is -0.516. The second-order valence-electron chi connectivity index (χ2n) is 5.05. The van der Waals surface area contributed by atoms with E-state index in [0.29, 0.717) is 6.42 Å². The summed E-state index contributed by atoms with van der Waals surface area (Å²) in [5.41, 5.74) is 3.43. The Labute approximate surface area is 112 Å². The van der Waals surface area contributed by atoms with Gasteiger partial charge in [0, 0.05) is 11.3 Å². The lowest BCUT2D eigenvalue weighted by Gasteiger charge is -2.27. The molecule has 19 heavy (non-hydrogen) atoms. The van der Waals surface area contributed by atoms with Crippen molar-refractivity contribution >= 4 is 0 Å². The van der Waals surface area contributed by atoms with Crippen LogP contribution in [0.25, 0.3) is 0 Å². The van der Waals surface area contributed by atoms with E-state index in [1.165, 1.54) is 5.56 Å². The minimum Gasteiger partial charge on any atom is -0.264 e. The predicted octanol–water partition coefficient (Wildman–Crippen LogP) is 3.21. The first-order chi connectivity index (χ1) is 9.25. The monoisotopic (exact) mass is 253 g/mol. The Morgan fingerprint density at radius 1 is 0.895 bits per heavy atom. The molecule has 0 saturated heterocycles. The van der Waals surface area contributed by atoms with Crippen LogP contribution < -0.4 is 0 Å². The normalized spacial score (nSPS) is 21.7. The van der Waals surface area contributed by atoms with Gasteiger partial charge in [-0.15, -0.1) is 0 Å². The van der Waals surface area contributed by atoms with E-state index in [4.69, 9.17) is 0 Å². The fourth-order valence-corrected chi connectivity index (χ4v) is 2.96. The molecule has 0 spiro atoms. The van der Waals surface area contributed by atoms with Crippen LogP contribution in [0.4, 0.5) is 0 Å². The molecule has 3 rings (SSSR count). The molecule has 1 aliphatic rings. The third-order valence-electron chi connectivity index (χ3n) is 3.95. The highest BCUT2D eigenvalue weighted by atomic mass is 16.6. The van der Waals surface area contributed by atoms with Crippen LogP contribution in [0, 0.1) is 10.1 Å². The third-order valence-corrected chi connectivity index (χ3v) is 3.95. The molecule has 3 heteroatoms. The van der Waals surface area contributed by atoms with E-state index in [9.17, 15) is 10.1 Å². The van der Waals surface area contributed by atoms with Crippen molar-refractivity contribution in [3.05, 3.63) is 81.4 Å². The number of nitrogens with zero attached hydrogens (tertiary/aromatic N) is 1. The van der Waals surface area contributed by atoms with Crippen LogP contribution in [0.15, 0.2) is 54.6 Å². The molecule has 0 radical (unpaired) electrons. The Hall–Kier alpha value is -2.16. The van der Waals surface area contributed by atoms with Gasteiger partial charge in [0.05, 0.1) is 5.92 Å². The average molecular weight is 253 g/mol. The summed E-state index contributed by atoms with van der Waals surface area (Å²) in [7, 11) is 0. The molecule has 0 aliphatic heterocycles. The van der Waals surface area contributed by atoms with Crippen LogP contribution in [-0.4, -0.2) is 11.0 Å². The fourth-order valence-electron chi connectivity index (χ4n) is 2.96. The molecule has 0 saturated carbocycles. The van der Waals surface area contributed by atoms with Crippen LogP contribution in [-0.2, 0) is 12.8 Å². The smallest absolute Gasteiger partial charge is 0.224 e. The van der Waals surface area contributed by atoms with Crippen molar-refractivity contribution < 1.29 is 4.92 Å². The van der Waals surface area contributed by atoms with E-state index in [0.717, 1.165) is 17.5 Å². The maximum atomic E-state index is 11.4. The van der Waals surface area contributed by atoms with Gasteiger partial charge in [-0.05, 0) is 23.1 Å². The van der Waals surface area contributed by atoms with Crippen molar-refractivity contribution in [2.75, 3.05) is 0 Å². The van der Waals surface area contributed by atoms with E-state index in [1.54, 1.807) is 0 Å². The van der Waals surface area contributed by atoms with Gasteiger partial charge >= 0.3 is 0 Å². The Morgan fingerprint density at radius 2 is 1.47 bits per heavy atom. The van der Waals surface area contributed by atoms with Crippen molar-refractivity contribution in [2.24, 2.45) is 0 Å². The molecule has 1 aliphatic carbocycles. The summed E-state index contributed by atoms with van der Waals surface area (Å²) in [6.07, 6.45) is 1.29. The molecular weight excluding hydrogens is 238 g/mol. The second-order valence-corrected chi connectivity index (χ2v) is 5.05. The number of fused-ring (bicyclic) bond motifs is 1. The molecule has 0 bridgehead atoms. The van der Waals surface area contributed by atoms with E-state index < -0.39 is 6.04 Å². The van der Waals surface area contributed by atoms with Gasteiger partial charge < -0.3 is 0 Å². The molecule has 0 fully saturated rings. The zero-order valence-electron chi connectivity index (χ0n) is 10.5. The molecule has 2 atom stereocenters. The topological polar surface area (TPSA) is 43.1 Å². The SMILES string of the molecule is O=[N+]([O-])[C@@H]1Cc2ccccc2C[C@H]1c1ccccc1. The van der Waals surface area contributed by atoms with E-state index >= 15 is 0 Å². The third kappa shape index (κ3) is 2.24. The van der Waals surface area contributed by atoms with Gasteiger partial charge in [-0.1, -0.05) is 54.6 Å². The van der Waals surface area contributed by atoms with Crippen molar-refractivity contribution in [1.29, 1.82) is 0 Å². The number of benzene rings is 2. The first-order valence-electron chi connectivity index (χ1n) is 6.51. The molecule has 0 amide bonds. The fraction of sp³-hybridized carbons (Fsp3) is 0.250. The van der Waals surface area contributed by atoms with Crippen LogP contribution in [0.3, 0.4) is 0 Å². The predicted molar refractivity (Wildman–Crippen MR) is 73.8 cm³/mol. The molecule has 2 aromatic rings. The Balaban J connectivity index is 2.01. The van der Waals surface area contributed by atoms with Gasteiger partial charge in [0.15, 0.2) is 0 Å². The van der Waals surface area contributed by atoms with Crippen molar-refractivity contribution in [2.45, 2.75) is 24.8 Å². The average Bonchev–Trinajstić information content (AvgIpc) is 2.46. The highest BCUT2D eigenvalue weighted by Crippen LogP contribution is 2.34. The van der Waals surface area contributed by atoms with Crippen molar-refractivity contribution in [1.82, 2.24) is 0 Å². The van der Waals surface area contributed by atoms with Crippen LogP contribution in [0.1, 0.15) is 22.6 Å². The van der Waals surface area contributed by atoms with Gasteiger partial charge in [0.2, 0.25) is 6.04 Å². The summed E-state index contributed by atoms with van der Waals surface area (Å²) in [6.45, 7) is 0. The van der Waals surface area contributed by atoms with Gasteiger partial charge in [-0.2, -0.15) is 0 Å². The molecule has 0 unspecified atom stereocenters. The summed E-state index contributed by atoms with van der Waals surface area (Å²) >= 11 is 0. The molecule has 3 nitrogen and oxygen atoms in total. The molecule has 0 aromatic heterocycles. The van der Waals surface area contributed by atoms with Gasteiger partial charge in [0.25, 0.3) is 0 Å². The lowest BCUT2D eigenvalue weighted by Crippen LogP contribution is -2.35. The van der Waals surface area contributed by atoms with Crippen LogP contribution in [0.2, 0.25) is 0 Å². The maximum Gasteiger partial charge on any atom is 0.224 e. The van der Waals surface area contributed by atoms with Crippen molar-refractivity contribution in [3.63, 3.8) is 0 Å². The molecule has 0 N–H and O–H groups in total. The van der Waals surface area contributed by atoms with Crippen LogP contribution >= 0.6 is 0 Å². The maximum absolute atomic E-state index is 11.4. The first kappa shape index (κ1) is 11.9. The molecular formula is C16H15NO2. The summed E-state index contributed by atoms with van der Waals surface area (Å²) in [5, 5.41) is 11.4. The lowest BCUT2D eigenvalue weighted by molar-refractivity contribution is -0.527. The summed E-state index contributed by atoms with van der Waals surface area (Å²) in [6, 6.07) is 17.4. The zero-order chi connectivity index (χ0) is 13.2. The number of hydrogen-bond donors (Lipinski definition) is 0. The van der Waals surface area contributed by atoms with E-state index in [1.807, 2.05) is 48.5 Å². The lowest BCUT2D eigenvalue weighted by atomic mass is 9.77. The van der Waals surface area contributed by atoms with Gasteiger partial charge in [-0.25, -0.2) is 0 Å². The highest BCUT2D eigenvalue weighted by Gasteiger charge is 2.37. The molecule has 0 heterocycles. The first-order valence-corrected chi connectivity index (χ1v) is 6.51. The largest absolute Gasteiger partial charge is 0.264 e. The second kappa shape index (κ2) is 4.84. The number of hydrogen-bond acceptors (Lipinski definition) is 2. The number of nitro groups is 1. The van der Waals surface area contributed by atoms with Gasteiger partial charge in [0.1, 0.15) is 0 Å². The Kier molecular flexibility index (Phi) is 3.03. The summed E-state index contributed by atoms with van der Waals surface area (Å²) < 4.78 is 0. The van der Waals surface area contributed by atoms with Crippen LogP contribution in [0.5, 0.6) is 0 Å². The highest BCUT2D eigenvalue weighted by molar-refractivity contribution is 5.35. The zero-order valence-corrected chi connectivity index (χ0v) is 10.5. The van der Waals surface area contributed by atoms with Gasteiger partial charge in [-0.3, -0.25) is 10.1 Å². The quantitative estimate of drug-likeness (QED) is 0.609. The summed E-state index contributed by atoms with van der Waals surface area (Å²) in [5.74, 6) is -0.0221. The number of rotatable bonds is 2. The Bertz CT molecular complexity index is 595. The Morgan fingerprint density at radius 3 is 2.11 bits per heavy atom. The summed E-state index contributed by atoms with van der Waals surface area (Å²) in [4.78, 5) is 11.2.